The topological polar surface area (TPSA) is 12.0 Å². The molecule has 0 atom stereocenters. The van der Waals surface area contributed by atoms with Gasteiger partial charge in [-0.2, -0.15) is 13.2 Å². The van der Waals surface area contributed by atoms with Gasteiger partial charge in [-0.1, -0.05) is 45.5 Å². The average molecular weight is 508 g/mol. The van der Waals surface area contributed by atoms with Crippen LogP contribution in [0.3, 0.4) is 0 Å². The Morgan fingerprint density at radius 1 is 0.882 bits per heavy atom. The highest BCUT2D eigenvalue weighted by Gasteiger charge is 2.29. The van der Waals surface area contributed by atoms with E-state index in [1.807, 2.05) is 13.8 Å². The molecule has 1 nitrogen and oxygen atoms in total. The summed E-state index contributed by atoms with van der Waals surface area (Å²) >= 11 is 3.07. The van der Waals surface area contributed by atoms with Crippen molar-refractivity contribution in [2.45, 2.75) is 48.9 Å². The summed E-state index contributed by atoms with van der Waals surface area (Å²) in [7, 11) is 0. The lowest BCUT2D eigenvalue weighted by Crippen LogP contribution is -2.04. The van der Waals surface area contributed by atoms with Crippen LogP contribution in [0.1, 0.15) is 37.5 Å². The standard InChI is InChI=1S/C25H23F4NS2.C2H6/c1-3-31-22-10-4-18(5-11-22)14-17(2)30-21-9-6-19(24(26)15-21)16-32-23-12-7-20(8-13-23)25(27,28)29;1-2/h4-13,15,30H,2-3,14,16H2,1H3;1-2H3. The Bertz CT molecular complexity index is 1050. The average Bonchev–Trinajstić information content (AvgIpc) is 2.81. The summed E-state index contributed by atoms with van der Waals surface area (Å²) in [6, 6.07) is 18.0. The smallest absolute Gasteiger partial charge is 0.359 e. The zero-order valence-electron chi connectivity index (χ0n) is 19.5. The Kier molecular flexibility index (Phi) is 11.1. The predicted octanol–water partition coefficient (Wildman–Crippen LogP) is 9.44. The Hall–Kier alpha value is -2.38. The Morgan fingerprint density at radius 3 is 2.03 bits per heavy atom. The van der Waals surface area contributed by atoms with Crippen molar-refractivity contribution in [1.29, 1.82) is 0 Å². The van der Waals surface area contributed by atoms with Gasteiger partial charge >= 0.3 is 6.18 Å². The van der Waals surface area contributed by atoms with E-state index in [0.29, 0.717) is 28.3 Å². The zero-order chi connectivity index (χ0) is 25.1. The minimum absolute atomic E-state index is 0.320. The van der Waals surface area contributed by atoms with Crippen LogP contribution in [-0.4, -0.2) is 5.75 Å². The van der Waals surface area contributed by atoms with Crippen molar-refractivity contribution >= 4 is 29.2 Å². The SMILES string of the molecule is C=C(Cc1ccc(SCC)cc1)Nc1ccc(CSc2ccc(C(F)(F)F)cc2)c(F)c1.CC. The number of benzene rings is 3. The first-order chi connectivity index (χ1) is 16.2. The third-order valence-electron chi connectivity index (χ3n) is 4.60. The van der Waals surface area contributed by atoms with Gasteiger partial charge in [-0.25, -0.2) is 4.39 Å². The highest BCUT2D eigenvalue weighted by Crippen LogP contribution is 2.32. The first kappa shape index (κ1) is 27.9. The Morgan fingerprint density at radius 2 is 1.47 bits per heavy atom. The largest absolute Gasteiger partial charge is 0.416 e. The lowest BCUT2D eigenvalue weighted by Gasteiger charge is -2.12. The molecule has 0 amide bonds. The molecule has 0 aliphatic heterocycles. The fourth-order valence-electron chi connectivity index (χ4n) is 3.01. The van der Waals surface area contributed by atoms with Crippen LogP contribution in [0.25, 0.3) is 0 Å². The van der Waals surface area contributed by atoms with Gasteiger partial charge in [0.1, 0.15) is 5.82 Å². The highest BCUT2D eigenvalue weighted by atomic mass is 32.2. The number of nitrogens with one attached hydrogen (secondary N) is 1. The zero-order valence-corrected chi connectivity index (χ0v) is 21.1. The molecule has 0 unspecified atom stereocenters. The van der Waals surface area contributed by atoms with Crippen LogP contribution in [-0.2, 0) is 18.3 Å². The number of halogens is 4. The van der Waals surface area contributed by atoms with Crippen molar-refractivity contribution < 1.29 is 17.6 Å². The molecule has 34 heavy (non-hydrogen) atoms. The molecular weight excluding hydrogens is 478 g/mol. The molecule has 3 aromatic carbocycles. The number of hydrogen-bond donors (Lipinski definition) is 1. The first-order valence-corrected chi connectivity index (χ1v) is 13.0. The van der Waals surface area contributed by atoms with Gasteiger partial charge in [0.15, 0.2) is 0 Å². The van der Waals surface area contributed by atoms with Gasteiger partial charge in [0.2, 0.25) is 0 Å². The van der Waals surface area contributed by atoms with E-state index in [-0.39, 0.29) is 5.82 Å². The molecule has 7 heteroatoms. The van der Waals surface area contributed by atoms with E-state index in [2.05, 4.69) is 43.1 Å². The summed E-state index contributed by atoms with van der Waals surface area (Å²) in [5.41, 5.74) is 2.27. The molecule has 0 heterocycles. The first-order valence-electron chi connectivity index (χ1n) is 11.0. The van der Waals surface area contributed by atoms with Crippen LogP contribution < -0.4 is 5.32 Å². The number of thioether (sulfide) groups is 2. The van der Waals surface area contributed by atoms with E-state index in [9.17, 15) is 17.6 Å². The molecule has 0 radical (unpaired) electrons. The molecular formula is C27H29F4NS2. The maximum absolute atomic E-state index is 14.5. The molecule has 0 spiro atoms. The van der Waals surface area contributed by atoms with Crippen molar-refractivity contribution in [3.05, 3.63) is 102 Å². The summed E-state index contributed by atoms with van der Waals surface area (Å²) in [4.78, 5) is 1.87. The third kappa shape index (κ3) is 8.76. The highest BCUT2D eigenvalue weighted by molar-refractivity contribution is 7.99. The molecule has 0 saturated carbocycles. The van der Waals surface area contributed by atoms with Crippen molar-refractivity contribution in [3.8, 4) is 0 Å². The van der Waals surface area contributed by atoms with Crippen molar-refractivity contribution in [3.63, 3.8) is 0 Å². The molecule has 0 fully saturated rings. The van der Waals surface area contributed by atoms with Crippen molar-refractivity contribution in [2.75, 3.05) is 11.1 Å². The fourth-order valence-corrected chi connectivity index (χ4v) is 4.55. The van der Waals surface area contributed by atoms with Gasteiger partial charge in [0.25, 0.3) is 0 Å². The molecule has 0 aromatic heterocycles. The molecule has 0 bridgehead atoms. The van der Waals surface area contributed by atoms with Crippen LogP contribution in [0.2, 0.25) is 0 Å². The van der Waals surface area contributed by atoms with E-state index in [1.165, 1.54) is 34.9 Å². The quantitative estimate of drug-likeness (QED) is 0.229. The molecule has 1 N–H and O–H groups in total. The molecule has 0 aliphatic rings. The van der Waals surface area contributed by atoms with Gasteiger partial charge in [-0.05, 0) is 65.4 Å². The normalized spacial score (nSPS) is 10.9. The second-order valence-electron chi connectivity index (χ2n) is 7.10. The van der Waals surface area contributed by atoms with E-state index in [1.54, 1.807) is 23.9 Å². The van der Waals surface area contributed by atoms with Crippen LogP contribution in [0.4, 0.5) is 23.2 Å². The van der Waals surface area contributed by atoms with Gasteiger partial charge in [-0.15, -0.1) is 23.5 Å². The molecule has 0 saturated heterocycles. The molecule has 182 valence electrons. The van der Waals surface area contributed by atoms with Crippen LogP contribution in [0.15, 0.2) is 88.8 Å². The molecule has 0 aliphatic carbocycles. The fraction of sp³-hybridized carbons (Fsp3) is 0.259. The van der Waals surface area contributed by atoms with E-state index < -0.39 is 11.7 Å². The van der Waals surface area contributed by atoms with Crippen molar-refractivity contribution in [2.24, 2.45) is 0 Å². The van der Waals surface area contributed by atoms with Gasteiger partial charge in [0.05, 0.1) is 5.56 Å². The second kappa shape index (κ2) is 13.5. The Balaban J connectivity index is 0.00000199. The minimum Gasteiger partial charge on any atom is -0.359 e. The maximum Gasteiger partial charge on any atom is 0.416 e. The summed E-state index contributed by atoms with van der Waals surface area (Å²) in [6.07, 6.45) is -3.73. The number of rotatable bonds is 9. The lowest BCUT2D eigenvalue weighted by atomic mass is 10.1. The summed E-state index contributed by atoms with van der Waals surface area (Å²) in [6.45, 7) is 10.1. The minimum atomic E-state index is -4.36. The molecule has 3 aromatic rings. The number of anilines is 1. The van der Waals surface area contributed by atoms with E-state index in [4.69, 9.17) is 0 Å². The van der Waals surface area contributed by atoms with Gasteiger partial charge in [-0.3, -0.25) is 0 Å². The van der Waals surface area contributed by atoms with Crippen LogP contribution in [0.5, 0.6) is 0 Å². The summed E-state index contributed by atoms with van der Waals surface area (Å²) in [5, 5.41) is 3.14. The number of allylic oxidation sites excluding steroid dienone is 1. The molecule has 3 rings (SSSR count). The summed E-state index contributed by atoms with van der Waals surface area (Å²) in [5.74, 6) is 0.974. The number of alkyl halides is 3. The van der Waals surface area contributed by atoms with Crippen LogP contribution >= 0.6 is 23.5 Å². The second-order valence-corrected chi connectivity index (χ2v) is 9.49. The van der Waals surface area contributed by atoms with Crippen LogP contribution in [0, 0.1) is 5.82 Å². The van der Waals surface area contributed by atoms with Gasteiger partial charge in [0, 0.05) is 33.3 Å². The predicted molar refractivity (Wildman–Crippen MR) is 138 cm³/mol. The summed E-state index contributed by atoms with van der Waals surface area (Å²) < 4.78 is 52.5. The van der Waals surface area contributed by atoms with Crippen molar-refractivity contribution in [1.82, 2.24) is 0 Å². The van der Waals surface area contributed by atoms with Gasteiger partial charge < -0.3 is 5.32 Å². The lowest BCUT2D eigenvalue weighted by molar-refractivity contribution is -0.137. The number of hydrogen-bond acceptors (Lipinski definition) is 3. The van der Waals surface area contributed by atoms with E-state index in [0.717, 1.165) is 29.1 Å². The Labute approximate surface area is 208 Å². The monoisotopic (exact) mass is 507 g/mol. The van der Waals surface area contributed by atoms with E-state index >= 15 is 0 Å². The maximum atomic E-state index is 14.5. The third-order valence-corrected chi connectivity index (χ3v) is 6.56.